The quantitative estimate of drug-likeness (QED) is 0.864. The number of aromatic carboxylic acids is 1. The summed E-state index contributed by atoms with van der Waals surface area (Å²) in [7, 11) is 0. The van der Waals surface area contributed by atoms with E-state index in [9.17, 15) is 9.59 Å². The summed E-state index contributed by atoms with van der Waals surface area (Å²) in [6.07, 6.45) is 6.79. The SMILES string of the molecule is O=C(O)c1ccccc1C(=O)O[C@H]1CCC[C@@H]2CCC[C@@H]21. The van der Waals surface area contributed by atoms with Crippen LogP contribution >= 0.6 is 0 Å². The van der Waals surface area contributed by atoms with Crippen molar-refractivity contribution in [3.8, 4) is 0 Å². The first kappa shape index (κ1) is 14.1. The standard InChI is InChI=1S/C17H20O4/c18-16(19)13-7-1-2-8-14(13)17(20)21-15-10-4-6-11-5-3-9-12(11)15/h1-2,7-8,11-12,15H,3-6,9-10H2,(H,18,19)/t11-,12-,15-/m0/s1. The summed E-state index contributed by atoms with van der Waals surface area (Å²) in [6, 6.07) is 6.26. The first-order chi connectivity index (χ1) is 10.2. The lowest BCUT2D eigenvalue weighted by atomic mass is 9.79. The van der Waals surface area contributed by atoms with E-state index in [-0.39, 0.29) is 17.2 Å². The zero-order valence-electron chi connectivity index (χ0n) is 12.0. The van der Waals surface area contributed by atoms with Crippen LogP contribution in [0.4, 0.5) is 0 Å². The maximum Gasteiger partial charge on any atom is 0.339 e. The highest BCUT2D eigenvalue weighted by Gasteiger charge is 2.38. The maximum atomic E-state index is 12.3. The number of esters is 1. The first-order valence-electron chi connectivity index (χ1n) is 7.70. The van der Waals surface area contributed by atoms with Crippen LogP contribution in [0.1, 0.15) is 59.2 Å². The molecule has 2 aliphatic rings. The lowest BCUT2D eigenvalue weighted by Crippen LogP contribution is -2.33. The van der Waals surface area contributed by atoms with E-state index in [1.54, 1.807) is 12.1 Å². The Morgan fingerprint density at radius 3 is 2.38 bits per heavy atom. The highest BCUT2D eigenvalue weighted by Crippen LogP contribution is 2.43. The Morgan fingerprint density at radius 2 is 1.67 bits per heavy atom. The summed E-state index contributed by atoms with van der Waals surface area (Å²) >= 11 is 0. The van der Waals surface area contributed by atoms with Crippen LogP contribution in [0, 0.1) is 11.8 Å². The fourth-order valence-corrected chi connectivity index (χ4v) is 3.90. The molecule has 112 valence electrons. The van der Waals surface area contributed by atoms with Crippen molar-refractivity contribution in [2.75, 3.05) is 0 Å². The van der Waals surface area contributed by atoms with Crippen molar-refractivity contribution in [1.82, 2.24) is 0 Å². The second-order valence-corrected chi connectivity index (χ2v) is 6.08. The smallest absolute Gasteiger partial charge is 0.339 e. The first-order valence-corrected chi connectivity index (χ1v) is 7.70. The molecule has 1 aromatic carbocycles. The molecule has 3 rings (SSSR count). The molecule has 2 fully saturated rings. The van der Waals surface area contributed by atoms with E-state index in [1.165, 1.54) is 31.4 Å². The van der Waals surface area contributed by atoms with Crippen LogP contribution in [0.25, 0.3) is 0 Å². The molecule has 0 heterocycles. The van der Waals surface area contributed by atoms with Gasteiger partial charge in [-0.3, -0.25) is 0 Å². The lowest BCUT2D eigenvalue weighted by molar-refractivity contribution is -0.00744. The van der Waals surface area contributed by atoms with Crippen molar-refractivity contribution in [3.63, 3.8) is 0 Å². The maximum absolute atomic E-state index is 12.3. The number of carbonyl (C=O) groups is 2. The van der Waals surface area contributed by atoms with Crippen LogP contribution < -0.4 is 0 Å². The molecule has 1 N–H and O–H groups in total. The number of hydrogen-bond acceptors (Lipinski definition) is 3. The topological polar surface area (TPSA) is 63.6 Å². The van der Waals surface area contributed by atoms with Gasteiger partial charge in [-0.25, -0.2) is 9.59 Å². The minimum absolute atomic E-state index is 0.0151. The second kappa shape index (κ2) is 5.88. The summed E-state index contributed by atoms with van der Waals surface area (Å²) in [5, 5.41) is 9.16. The Morgan fingerprint density at radius 1 is 1.00 bits per heavy atom. The Kier molecular flexibility index (Phi) is 3.95. The van der Waals surface area contributed by atoms with Gasteiger partial charge >= 0.3 is 11.9 Å². The zero-order chi connectivity index (χ0) is 14.8. The second-order valence-electron chi connectivity index (χ2n) is 6.08. The molecule has 21 heavy (non-hydrogen) atoms. The molecule has 3 atom stereocenters. The van der Waals surface area contributed by atoms with Crippen molar-refractivity contribution >= 4 is 11.9 Å². The summed E-state index contributed by atoms with van der Waals surface area (Å²) in [4.78, 5) is 23.5. The average Bonchev–Trinajstić information content (AvgIpc) is 2.96. The molecule has 1 aromatic rings. The minimum atomic E-state index is -1.09. The Bertz CT molecular complexity index is 551. The van der Waals surface area contributed by atoms with Crippen molar-refractivity contribution in [2.45, 2.75) is 44.6 Å². The highest BCUT2D eigenvalue weighted by atomic mass is 16.5. The zero-order valence-corrected chi connectivity index (χ0v) is 12.0. The third-order valence-electron chi connectivity index (χ3n) is 4.89. The van der Waals surface area contributed by atoms with Crippen molar-refractivity contribution < 1.29 is 19.4 Å². The molecule has 2 saturated carbocycles. The van der Waals surface area contributed by atoms with Crippen LogP contribution in [-0.4, -0.2) is 23.1 Å². The van der Waals surface area contributed by atoms with E-state index < -0.39 is 11.9 Å². The van der Waals surface area contributed by atoms with Crippen LogP contribution in [0.3, 0.4) is 0 Å². The third kappa shape index (κ3) is 2.80. The molecule has 0 radical (unpaired) electrons. The monoisotopic (exact) mass is 288 g/mol. The molecule has 4 nitrogen and oxygen atoms in total. The van der Waals surface area contributed by atoms with Crippen molar-refractivity contribution in [2.24, 2.45) is 11.8 Å². The van der Waals surface area contributed by atoms with E-state index in [2.05, 4.69) is 0 Å². The molecule has 0 saturated heterocycles. The molecular formula is C17H20O4. The fraction of sp³-hybridized carbons (Fsp3) is 0.529. The minimum Gasteiger partial charge on any atom is -0.478 e. The van der Waals surface area contributed by atoms with Gasteiger partial charge in [0, 0.05) is 0 Å². The van der Waals surface area contributed by atoms with Gasteiger partial charge < -0.3 is 9.84 Å². The summed E-state index contributed by atoms with van der Waals surface area (Å²) < 4.78 is 5.68. The summed E-state index contributed by atoms with van der Waals surface area (Å²) in [5.74, 6) is -0.429. The average molecular weight is 288 g/mol. The normalized spacial score (nSPS) is 27.9. The lowest BCUT2D eigenvalue weighted by Gasteiger charge is -2.33. The number of benzene rings is 1. The Labute approximate surface area is 124 Å². The third-order valence-corrected chi connectivity index (χ3v) is 4.89. The van der Waals surface area contributed by atoms with E-state index >= 15 is 0 Å². The Hall–Kier alpha value is -1.84. The van der Waals surface area contributed by atoms with Crippen molar-refractivity contribution in [1.29, 1.82) is 0 Å². The van der Waals surface area contributed by atoms with Crippen LogP contribution in [0.15, 0.2) is 24.3 Å². The summed E-state index contributed by atoms with van der Waals surface area (Å²) in [5.41, 5.74) is 0.173. The molecule has 0 aromatic heterocycles. The van der Waals surface area contributed by atoms with Gasteiger partial charge in [-0.15, -0.1) is 0 Å². The number of fused-ring (bicyclic) bond motifs is 1. The number of ether oxygens (including phenoxy) is 1. The highest BCUT2D eigenvalue weighted by molar-refractivity contribution is 6.02. The number of carboxylic acid groups (broad SMARTS) is 1. The van der Waals surface area contributed by atoms with Crippen LogP contribution in [-0.2, 0) is 4.74 Å². The van der Waals surface area contributed by atoms with Crippen LogP contribution in [0.2, 0.25) is 0 Å². The van der Waals surface area contributed by atoms with Crippen LogP contribution in [0.5, 0.6) is 0 Å². The predicted octanol–water partition coefficient (Wildman–Crippen LogP) is 3.51. The van der Waals surface area contributed by atoms with Gasteiger partial charge in [-0.1, -0.05) is 25.0 Å². The fourth-order valence-electron chi connectivity index (χ4n) is 3.90. The van der Waals surface area contributed by atoms with Gasteiger partial charge in [-0.2, -0.15) is 0 Å². The summed E-state index contributed by atoms with van der Waals surface area (Å²) in [6.45, 7) is 0. The molecule has 0 unspecified atom stereocenters. The number of carbonyl (C=O) groups excluding carboxylic acids is 1. The van der Waals surface area contributed by atoms with E-state index in [1.807, 2.05) is 0 Å². The number of carboxylic acids is 1. The van der Waals surface area contributed by atoms with Gasteiger partial charge in [0.05, 0.1) is 11.1 Å². The molecule has 0 aliphatic heterocycles. The largest absolute Gasteiger partial charge is 0.478 e. The van der Waals surface area contributed by atoms with Gasteiger partial charge in [0.25, 0.3) is 0 Å². The molecule has 0 bridgehead atoms. The molecule has 4 heteroatoms. The Balaban J connectivity index is 1.76. The van der Waals surface area contributed by atoms with Gasteiger partial charge in [0.1, 0.15) is 6.10 Å². The van der Waals surface area contributed by atoms with Crippen molar-refractivity contribution in [3.05, 3.63) is 35.4 Å². The molecule has 0 amide bonds. The van der Waals surface area contributed by atoms with Gasteiger partial charge in [-0.05, 0) is 49.7 Å². The molecular weight excluding hydrogens is 268 g/mol. The van der Waals surface area contributed by atoms with E-state index in [4.69, 9.17) is 9.84 Å². The molecule has 2 aliphatic carbocycles. The predicted molar refractivity (Wildman–Crippen MR) is 77.3 cm³/mol. The van der Waals surface area contributed by atoms with Gasteiger partial charge in [0.15, 0.2) is 0 Å². The van der Waals surface area contributed by atoms with E-state index in [0.29, 0.717) is 11.8 Å². The van der Waals surface area contributed by atoms with Gasteiger partial charge in [0.2, 0.25) is 0 Å². The molecule has 0 spiro atoms. The van der Waals surface area contributed by atoms with E-state index in [0.717, 1.165) is 19.3 Å². The number of rotatable bonds is 3. The number of hydrogen-bond donors (Lipinski definition) is 1.